The van der Waals surface area contributed by atoms with Gasteiger partial charge in [0.25, 0.3) is 0 Å². The smallest absolute Gasteiger partial charge is 0.234 e. The molecule has 5 unspecified atom stereocenters. The van der Waals surface area contributed by atoms with Crippen LogP contribution in [0.5, 0.6) is 11.5 Å². The molecule has 0 spiro atoms. The largest absolute Gasteiger partial charge is 0.487 e. The summed E-state index contributed by atoms with van der Waals surface area (Å²) in [5, 5.41) is 41.2. The third-order valence-corrected chi connectivity index (χ3v) is 9.07. The first-order chi connectivity index (χ1) is 19.4. The van der Waals surface area contributed by atoms with E-state index in [0.717, 1.165) is 68.2 Å². The van der Waals surface area contributed by atoms with E-state index in [-0.39, 0.29) is 5.60 Å². The highest BCUT2D eigenvalue weighted by Crippen LogP contribution is 2.50. The quantitative estimate of drug-likeness (QED) is 0.247. The fraction of sp³-hybridized carbons (Fsp3) is 0.647. The number of hydrogen-bond donors (Lipinski definition) is 4. The van der Waals surface area contributed by atoms with E-state index in [4.69, 9.17) is 14.2 Å². The van der Waals surface area contributed by atoms with Gasteiger partial charge in [-0.2, -0.15) is 0 Å². The zero-order valence-electron chi connectivity index (χ0n) is 25.7. The molecule has 1 saturated carbocycles. The molecule has 41 heavy (non-hydrogen) atoms. The van der Waals surface area contributed by atoms with Crippen molar-refractivity contribution in [2.75, 3.05) is 6.61 Å². The highest BCUT2D eigenvalue weighted by molar-refractivity contribution is 5.48. The Hall–Kier alpha value is -2.16. The van der Waals surface area contributed by atoms with Crippen LogP contribution in [0.3, 0.4) is 0 Å². The standard InChI is InChI=1S/C34H50O7/c1-21(2)10-7-11-22(3)12-8-13-23(4)14-9-16-33(6)17-15-25-19-26(18-24(5)29(25)41-33)39-32-34(38)30(37)28(36)27(20-35)31(34)40-32/h10,12,14,18-19,27-28,30-32,35-38H,7-9,11,13,15-17,20H2,1-6H3/b22-12+,23-14+/t27?,28-,30?,31?,32-,33?,34?/m1/s1. The predicted molar refractivity (Wildman–Crippen MR) is 160 cm³/mol. The minimum Gasteiger partial charge on any atom is -0.487 e. The molecule has 1 aromatic carbocycles. The average Bonchev–Trinajstić information content (AvgIpc) is 3.05. The Bertz CT molecular complexity index is 1170. The maximum absolute atomic E-state index is 11.0. The van der Waals surface area contributed by atoms with Crippen LogP contribution < -0.4 is 9.47 Å². The second kappa shape index (κ2) is 13.0. The number of aliphatic hydroxyl groups excluding tert-OH is 3. The SMILES string of the molecule is CC(C)=CCC/C(C)=C/CC/C(C)=C/CCC1(C)CCc2cc(O[C@@H]3OC4C(CO)[C@@H](O)C(O)C43O)cc(C)c2O1. The van der Waals surface area contributed by atoms with Gasteiger partial charge in [-0.1, -0.05) is 34.9 Å². The lowest BCUT2D eigenvalue weighted by atomic mass is 9.87. The summed E-state index contributed by atoms with van der Waals surface area (Å²) in [6, 6.07) is 3.76. The Balaban J connectivity index is 1.29. The average molecular weight is 571 g/mol. The number of benzene rings is 1. The number of aryl methyl sites for hydroxylation is 2. The molecule has 0 bridgehead atoms. The molecular formula is C34H50O7. The van der Waals surface area contributed by atoms with Gasteiger partial charge in [0.15, 0.2) is 5.60 Å². The van der Waals surface area contributed by atoms with Crippen LogP contribution in [-0.2, 0) is 11.2 Å². The molecule has 0 radical (unpaired) electrons. The van der Waals surface area contributed by atoms with Gasteiger partial charge < -0.3 is 34.6 Å². The summed E-state index contributed by atoms with van der Waals surface area (Å²) in [7, 11) is 0. The molecule has 7 heteroatoms. The van der Waals surface area contributed by atoms with Crippen LogP contribution in [-0.4, -0.2) is 62.8 Å². The van der Waals surface area contributed by atoms with Crippen molar-refractivity contribution in [2.45, 2.75) is 129 Å². The Kier molecular flexibility index (Phi) is 10.1. The van der Waals surface area contributed by atoms with Crippen molar-refractivity contribution < 1.29 is 34.6 Å². The van der Waals surface area contributed by atoms with E-state index >= 15 is 0 Å². The van der Waals surface area contributed by atoms with E-state index in [1.54, 1.807) is 0 Å². The lowest BCUT2D eigenvalue weighted by Crippen LogP contribution is -2.70. The first-order valence-electron chi connectivity index (χ1n) is 15.2. The number of rotatable bonds is 12. The summed E-state index contributed by atoms with van der Waals surface area (Å²) < 4.78 is 18.2. The molecule has 0 amide bonds. The van der Waals surface area contributed by atoms with Gasteiger partial charge in [-0.15, -0.1) is 0 Å². The molecule has 4 rings (SSSR count). The van der Waals surface area contributed by atoms with Crippen molar-refractivity contribution in [3.8, 4) is 11.5 Å². The first-order valence-corrected chi connectivity index (χ1v) is 15.2. The topological polar surface area (TPSA) is 109 Å². The Morgan fingerprint density at radius 2 is 1.68 bits per heavy atom. The van der Waals surface area contributed by atoms with Crippen molar-refractivity contribution in [3.63, 3.8) is 0 Å². The number of aliphatic hydroxyl groups is 4. The van der Waals surface area contributed by atoms with Crippen LogP contribution in [0, 0.1) is 12.8 Å². The van der Waals surface area contributed by atoms with E-state index in [1.807, 2.05) is 19.1 Å². The lowest BCUT2D eigenvalue weighted by molar-refractivity contribution is -0.365. The van der Waals surface area contributed by atoms with Gasteiger partial charge in [0.1, 0.15) is 29.3 Å². The first kappa shape index (κ1) is 31.8. The maximum Gasteiger partial charge on any atom is 0.234 e. The minimum absolute atomic E-state index is 0.249. The fourth-order valence-corrected chi connectivity index (χ4v) is 6.35. The summed E-state index contributed by atoms with van der Waals surface area (Å²) in [5.41, 5.74) is 4.23. The van der Waals surface area contributed by atoms with Gasteiger partial charge >= 0.3 is 0 Å². The van der Waals surface area contributed by atoms with Gasteiger partial charge in [-0.05, 0) is 116 Å². The number of ether oxygens (including phenoxy) is 3. The fourth-order valence-electron chi connectivity index (χ4n) is 6.35. The second-order valence-electron chi connectivity index (χ2n) is 13.0. The zero-order chi connectivity index (χ0) is 29.9. The lowest BCUT2D eigenvalue weighted by Gasteiger charge is -2.49. The highest BCUT2D eigenvalue weighted by Gasteiger charge is 2.72. The molecule has 228 valence electrons. The van der Waals surface area contributed by atoms with Crippen LogP contribution in [0.25, 0.3) is 0 Å². The molecule has 0 aromatic heterocycles. The van der Waals surface area contributed by atoms with Gasteiger partial charge in [0, 0.05) is 5.92 Å². The maximum atomic E-state index is 11.0. The van der Waals surface area contributed by atoms with E-state index in [0.29, 0.717) is 5.75 Å². The molecule has 1 aromatic rings. The summed E-state index contributed by atoms with van der Waals surface area (Å²) in [6.07, 6.45) is 10.4. The number of fused-ring (bicyclic) bond motifs is 2. The number of allylic oxidation sites excluding steroid dienone is 6. The van der Waals surface area contributed by atoms with Gasteiger partial charge in [-0.25, -0.2) is 0 Å². The van der Waals surface area contributed by atoms with Crippen molar-refractivity contribution in [3.05, 3.63) is 58.2 Å². The predicted octanol–water partition coefficient (Wildman–Crippen LogP) is 5.46. The van der Waals surface area contributed by atoms with Gasteiger partial charge in [-0.3, -0.25) is 0 Å². The van der Waals surface area contributed by atoms with E-state index in [2.05, 4.69) is 52.8 Å². The van der Waals surface area contributed by atoms with E-state index < -0.39 is 42.7 Å². The van der Waals surface area contributed by atoms with E-state index in [9.17, 15) is 20.4 Å². The van der Waals surface area contributed by atoms with Crippen molar-refractivity contribution in [2.24, 2.45) is 5.92 Å². The zero-order valence-corrected chi connectivity index (χ0v) is 25.7. The van der Waals surface area contributed by atoms with Crippen molar-refractivity contribution >= 4 is 0 Å². The second-order valence-corrected chi connectivity index (χ2v) is 13.0. The van der Waals surface area contributed by atoms with Crippen LogP contribution >= 0.6 is 0 Å². The Morgan fingerprint density at radius 1 is 1.02 bits per heavy atom. The highest BCUT2D eigenvalue weighted by atomic mass is 16.7. The Labute approximate surface area is 245 Å². The number of hydrogen-bond acceptors (Lipinski definition) is 7. The molecule has 1 saturated heterocycles. The molecule has 1 aliphatic carbocycles. The van der Waals surface area contributed by atoms with Crippen LogP contribution in [0.15, 0.2) is 47.1 Å². The summed E-state index contributed by atoms with van der Waals surface area (Å²) in [4.78, 5) is 0. The summed E-state index contributed by atoms with van der Waals surface area (Å²) in [6.45, 7) is 12.5. The molecule has 2 aliphatic heterocycles. The molecule has 3 aliphatic rings. The molecule has 2 heterocycles. The molecule has 2 fully saturated rings. The third kappa shape index (κ3) is 6.91. The minimum atomic E-state index is -1.77. The molecule has 7 atom stereocenters. The normalized spacial score (nSPS) is 33.0. The van der Waals surface area contributed by atoms with Crippen LogP contribution in [0.2, 0.25) is 0 Å². The molecule has 4 N–H and O–H groups in total. The van der Waals surface area contributed by atoms with Crippen molar-refractivity contribution in [1.82, 2.24) is 0 Å². The summed E-state index contributed by atoms with van der Waals surface area (Å²) in [5.74, 6) is 0.635. The van der Waals surface area contributed by atoms with Gasteiger partial charge in [0.2, 0.25) is 6.29 Å². The molecule has 7 nitrogen and oxygen atoms in total. The third-order valence-electron chi connectivity index (χ3n) is 9.07. The van der Waals surface area contributed by atoms with Crippen molar-refractivity contribution in [1.29, 1.82) is 0 Å². The monoisotopic (exact) mass is 570 g/mol. The van der Waals surface area contributed by atoms with Gasteiger partial charge in [0.05, 0.1) is 12.7 Å². The summed E-state index contributed by atoms with van der Waals surface area (Å²) >= 11 is 0. The van der Waals surface area contributed by atoms with E-state index in [1.165, 1.54) is 16.7 Å². The Morgan fingerprint density at radius 3 is 2.34 bits per heavy atom. The molecular weight excluding hydrogens is 520 g/mol. The van der Waals surface area contributed by atoms with Crippen LogP contribution in [0.1, 0.15) is 90.7 Å². The van der Waals surface area contributed by atoms with Crippen LogP contribution in [0.4, 0.5) is 0 Å².